The fourth-order valence-corrected chi connectivity index (χ4v) is 7.36. The zero-order valence-corrected chi connectivity index (χ0v) is 40.3. The van der Waals surface area contributed by atoms with Gasteiger partial charge in [0, 0.05) is 56.8 Å². The van der Waals surface area contributed by atoms with Crippen molar-refractivity contribution < 1.29 is 42.9 Å². The Morgan fingerprint density at radius 2 is 1.18 bits per heavy atom. The Kier molecular flexibility index (Phi) is 17.3. The van der Waals surface area contributed by atoms with Gasteiger partial charge in [-0.1, -0.05) is 113 Å². The molecule has 0 saturated heterocycles. The number of ketones is 1. The molecule has 0 bridgehead atoms. The van der Waals surface area contributed by atoms with Crippen LogP contribution in [0.25, 0.3) is 44.1 Å². The van der Waals surface area contributed by atoms with Crippen LogP contribution in [-0.4, -0.2) is 26.8 Å². The van der Waals surface area contributed by atoms with Crippen molar-refractivity contribution in [2.45, 2.75) is 127 Å². The third-order valence-corrected chi connectivity index (χ3v) is 10.7. The van der Waals surface area contributed by atoms with E-state index in [0.717, 1.165) is 73.7 Å². The second-order valence-corrected chi connectivity index (χ2v) is 16.8. The van der Waals surface area contributed by atoms with E-state index in [-0.39, 0.29) is 49.8 Å². The van der Waals surface area contributed by atoms with Gasteiger partial charge in [0.25, 0.3) is 0 Å². The van der Waals surface area contributed by atoms with Crippen molar-refractivity contribution >= 4 is 27.3 Å². The monoisotopic (exact) mass is 1010 g/mol. The van der Waals surface area contributed by atoms with Gasteiger partial charge in [0.05, 0.1) is 9.87 Å². The second kappa shape index (κ2) is 23.0. The van der Waals surface area contributed by atoms with Crippen LogP contribution in [0.2, 0.25) is 0 Å². The minimum absolute atomic E-state index is 0. The molecule has 6 aromatic rings. The topological polar surface area (TPSA) is 63.1 Å². The van der Waals surface area contributed by atoms with E-state index in [1.54, 1.807) is 6.92 Å². The molecule has 4 aromatic carbocycles. The van der Waals surface area contributed by atoms with E-state index in [1.165, 1.54) is 16.7 Å². The second-order valence-electron chi connectivity index (χ2n) is 16.8. The molecule has 2 heterocycles. The molecule has 0 saturated carbocycles. The smallest absolute Gasteiger partial charge is 0.246 e. The van der Waals surface area contributed by atoms with Crippen molar-refractivity contribution in [2.75, 3.05) is 0 Å². The molecule has 0 fully saturated rings. The molecular formula is C54H64F2IrN2O2-2. The first-order valence-corrected chi connectivity index (χ1v) is 21.2. The van der Waals surface area contributed by atoms with E-state index in [0.29, 0.717) is 37.3 Å². The first-order valence-electron chi connectivity index (χ1n) is 22.7. The van der Waals surface area contributed by atoms with Crippen LogP contribution in [0, 0.1) is 51.7 Å². The molecule has 0 aliphatic heterocycles. The summed E-state index contributed by atoms with van der Waals surface area (Å²) in [5.41, 5.74) is 10.4. The first kappa shape index (κ1) is 45.9. The molecule has 61 heavy (non-hydrogen) atoms. The molecule has 4 nitrogen and oxygen atoms in total. The van der Waals surface area contributed by atoms with Gasteiger partial charge in [-0.05, 0) is 94.2 Å². The van der Waals surface area contributed by atoms with Crippen molar-refractivity contribution in [3.63, 3.8) is 0 Å². The number of halogens is 2. The van der Waals surface area contributed by atoms with Crippen molar-refractivity contribution in [1.29, 1.82) is 0 Å². The zero-order chi connectivity index (χ0) is 46.9. The number of fused-ring (bicyclic) bond motifs is 2. The fourth-order valence-electron chi connectivity index (χ4n) is 7.36. The molecule has 327 valence electrons. The van der Waals surface area contributed by atoms with Crippen LogP contribution in [-0.2, 0) is 24.9 Å². The number of aryl methyl sites for hydroxylation is 4. The van der Waals surface area contributed by atoms with Gasteiger partial charge >= 0.3 is 0 Å². The number of hydrogen-bond acceptors (Lipinski definition) is 4. The number of benzene rings is 4. The number of allylic oxidation sites excluding steroid dienone is 2. The summed E-state index contributed by atoms with van der Waals surface area (Å²) >= 11 is 0. The van der Waals surface area contributed by atoms with Gasteiger partial charge in [-0.15, -0.1) is 69.8 Å². The summed E-state index contributed by atoms with van der Waals surface area (Å²) in [6, 6.07) is 29.6. The normalized spacial score (nSPS) is 12.9. The average molecular weight is 1010 g/mol. The van der Waals surface area contributed by atoms with Crippen LogP contribution in [0.5, 0.6) is 0 Å². The van der Waals surface area contributed by atoms with E-state index in [1.807, 2.05) is 58.9 Å². The fraction of sp³-hybridized carbons (Fsp3) is 0.389. The van der Waals surface area contributed by atoms with Gasteiger partial charge in [-0.2, -0.15) is 0 Å². The van der Waals surface area contributed by atoms with Crippen LogP contribution >= 0.6 is 0 Å². The van der Waals surface area contributed by atoms with Gasteiger partial charge in [0.1, 0.15) is 0 Å². The average Bonchev–Trinajstić information content (AvgIpc) is 3.20. The van der Waals surface area contributed by atoms with Crippen LogP contribution in [0.4, 0.5) is 8.78 Å². The van der Waals surface area contributed by atoms with E-state index in [4.69, 9.17) is 4.11 Å². The maximum absolute atomic E-state index is 12.9. The van der Waals surface area contributed by atoms with Crippen molar-refractivity contribution in [3.05, 3.63) is 142 Å². The third kappa shape index (κ3) is 14.5. The SMILES string of the molecule is CCC(CC)C(=O)/C=C(\O)C(CC)CC(C)(F)F.[2H]c1cc2cc(C(C)C)ccc2c(-c2[c-]c(C)cc(C)c2)n1.[2H]c1nc(-c2[c-]c(C)cc(C)c2)c2ccc(C(C)C)cc2c1[2H].[Ir]. The number of nitrogens with zero attached hydrogens (tertiary/aromatic N) is 2. The van der Waals surface area contributed by atoms with E-state index < -0.39 is 18.3 Å². The van der Waals surface area contributed by atoms with E-state index in [2.05, 4.69) is 99.2 Å². The predicted molar refractivity (Wildman–Crippen MR) is 248 cm³/mol. The number of alkyl halides is 2. The van der Waals surface area contributed by atoms with Crippen LogP contribution in [0.15, 0.2) is 97.0 Å². The Hall–Kier alpha value is -4.58. The number of pyridine rings is 2. The molecule has 1 atom stereocenters. The molecule has 1 N–H and O–H groups in total. The van der Waals surface area contributed by atoms with Crippen molar-refractivity contribution in [3.8, 4) is 22.5 Å². The molecule has 0 aliphatic carbocycles. The first-order chi connectivity index (χ1) is 29.5. The van der Waals surface area contributed by atoms with Crippen LogP contribution in [0.3, 0.4) is 0 Å². The summed E-state index contributed by atoms with van der Waals surface area (Å²) in [5.74, 6) is -3.14. The molecular weight excluding hydrogens is 939 g/mol. The summed E-state index contributed by atoms with van der Waals surface area (Å²) < 4.78 is 50.2. The Labute approximate surface area is 381 Å². The standard InChI is InChI=1S/2C20H20N.C14H24F2O2.Ir/c2*1-13(2)16-5-6-19-17(12-16)7-8-21-20(19)18-10-14(3)9-15(4)11-18;1-5-10(6-2)12(17)8-13(18)11(7-3)9-14(4,15)16;/h2*5-10,12-13H,1-4H3;8,10-11,18H,5-7,9H2,1-4H3;/q2*-1;;/b;;13-8-;/i7D,8D;8D;;. The van der Waals surface area contributed by atoms with Crippen LogP contribution in [0.1, 0.15) is 130 Å². The summed E-state index contributed by atoms with van der Waals surface area (Å²) in [5, 5.41) is 13.7. The molecule has 0 aliphatic rings. The number of hydrogen-bond donors (Lipinski definition) is 1. The molecule has 0 amide bonds. The quantitative estimate of drug-likeness (QED) is 0.0754. The van der Waals surface area contributed by atoms with Crippen molar-refractivity contribution in [2.24, 2.45) is 11.8 Å². The maximum Gasteiger partial charge on any atom is 0.246 e. The van der Waals surface area contributed by atoms with Crippen molar-refractivity contribution in [1.82, 2.24) is 9.97 Å². The number of aliphatic hydroxyl groups excluding tert-OH is 1. The summed E-state index contributed by atoms with van der Waals surface area (Å²) in [6.45, 7) is 23.1. The van der Waals surface area contributed by atoms with Gasteiger partial charge in [0.15, 0.2) is 5.78 Å². The van der Waals surface area contributed by atoms with Gasteiger partial charge in [-0.3, -0.25) is 4.79 Å². The number of aromatic nitrogens is 2. The third-order valence-electron chi connectivity index (χ3n) is 10.7. The maximum atomic E-state index is 12.9. The zero-order valence-electron chi connectivity index (χ0n) is 40.9. The van der Waals surface area contributed by atoms with E-state index >= 15 is 0 Å². The summed E-state index contributed by atoms with van der Waals surface area (Å²) in [4.78, 5) is 20.6. The Balaban J connectivity index is 0.000000256. The minimum Gasteiger partial charge on any atom is -0.512 e. The van der Waals surface area contributed by atoms with E-state index in [9.17, 15) is 18.7 Å². The van der Waals surface area contributed by atoms with Gasteiger partial charge < -0.3 is 15.1 Å². The molecule has 1 radical (unpaired) electrons. The number of carbonyl (C=O) groups is 1. The Morgan fingerprint density at radius 3 is 1.62 bits per heavy atom. The molecule has 2 aromatic heterocycles. The number of carbonyl (C=O) groups excluding carboxylic acids is 1. The predicted octanol–water partition coefficient (Wildman–Crippen LogP) is 15.4. The number of aliphatic hydroxyl groups is 1. The minimum atomic E-state index is -2.83. The molecule has 6 rings (SSSR count). The Morgan fingerprint density at radius 1 is 0.721 bits per heavy atom. The van der Waals surface area contributed by atoms with Gasteiger partial charge in [0.2, 0.25) is 5.92 Å². The summed E-state index contributed by atoms with van der Waals surface area (Å²) in [6.07, 6.45) is 2.80. The van der Waals surface area contributed by atoms with Gasteiger partial charge in [-0.25, -0.2) is 8.78 Å². The largest absolute Gasteiger partial charge is 0.512 e. The molecule has 0 spiro atoms. The Bertz CT molecular complexity index is 2540. The summed E-state index contributed by atoms with van der Waals surface area (Å²) in [7, 11) is 0. The number of rotatable bonds is 12. The van der Waals surface area contributed by atoms with Crippen LogP contribution < -0.4 is 0 Å². The molecule has 1 unspecified atom stereocenters. The molecule has 7 heteroatoms.